The van der Waals surface area contributed by atoms with E-state index < -0.39 is 0 Å². The van der Waals surface area contributed by atoms with Crippen LogP contribution < -0.4 is 10.1 Å². The maximum Gasteiger partial charge on any atom is 0.126 e. The van der Waals surface area contributed by atoms with Crippen molar-refractivity contribution in [2.45, 2.75) is 58.6 Å². The molecule has 0 fully saturated rings. The Hall–Kier alpha value is -0.540. The molecule has 1 N–H and O–H groups in total. The van der Waals surface area contributed by atoms with Crippen LogP contribution in [0, 0.1) is 5.92 Å². The average Bonchev–Trinajstić information content (AvgIpc) is 2.33. The minimum Gasteiger partial charge on any atom is -0.487 e. The predicted octanol–water partition coefficient (Wildman–Crippen LogP) is 5.08. The molecule has 1 aromatic rings. The van der Waals surface area contributed by atoms with Crippen molar-refractivity contribution in [1.82, 2.24) is 5.32 Å². The van der Waals surface area contributed by atoms with Gasteiger partial charge in [-0.1, -0.05) is 42.8 Å². The lowest BCUT2D eigenvalue weighted by Gasteiger charge is -2.41. The molecular weight excluding hydrogens is 314 g/mol. The Morgan fingerprint density at radius 1 is 1.45 bits per heavy atom. The summed E-state index contributed by atoms with van der Waals surface area (Å²) in [6, 6.07) is 6.79. The maximum atomic E-state index is 6.35. The zero-order chi connectivity index (χ0) is 14.8. The van der Waals surface area contributed by atoms with E-state index in [-0.39, 0.29) is 5.60 Å². The van der Waals surface area contributed by atoms with Crippen LogP contribution >= 0.6 is 15.9 Å². The van der Waals surface area contributed by atoms with Crippen molar-refractivity contribution >= 4 is 15.9 Å². The molecule has 2 atom stereocenters. The molecule has 3 heteroatoms. The molecule has 0 radical (unpaired) electrons. The summed E-state index contributed by atoms with van der Waals surface area (Å²) in [4.78, 5) is 0. The van der Waals surface area contributed by atoms with Gasteiger partial charge in [-0.2, -0.15) is 0 Å². The average molecular weight is 340 g/mol. The van der Waals surface area contributed by atoms with Gasteiger partial charge >= 0.3 is 0 Å². The van der Waals surface area contributed by atoms with E-state index in [1.165, 1.54) is 5.56 Å². The number of ether oxygens (including phenoxy) is 1. The summed E-state index contributed by atoms with van der Waals surface area (Å²) in [5, 5.41) is 3.68. The summed E-state index contributed by atoms with van der Waals surface area (Å²) >= 11 is 3.55. The minimum absolute atomic E-state index is 0.0760. The molecule has 2 rings (SSSR count). The molecule has 112 valence electrons. The molecule has 0 saturated heterocycles. The van der Waals surface area contributed by atoms with E-state index in [4.69, 9.17) is 4.74 Å². The van der Waals surface area contributed by atoms with Crippen LogP contribution in [0.3, 0.4) is 0 Å². The van der Waals surface area contributed by atoms with Crippen molar-refractivity contribution in [2.24, 2.45) is 5.92 Å². The number of halogens is 1. The van der Waals surface area contributed by atoms with Crippen LogP contribution in [-0.2, 0) is 0 Å². The zero-order valence-electron chi connectivity index (χ0n) is 13.0. The van der Waals surface area contributed by atoms with Crippen LogP contribution in [0.5, 0.6) is 5.75 Å². The van der Waals surface area contributed by atoms with Gasteiger partial charge in [0.2, 0.25) is 0 Å². The fraction of sp³-hybridized carbons (Fsp3) is 0.647. The molecule has 0 aliphatic carbocycles. The number of fused-ring (bicyclic) bond motifs is 1. The van der Waals surface area contributed by atoms with E-state index in [9.17, 15) is 0 Å². The number of hydrogen-bond acceptors (Lipinski definition) is 2. The summed E-state index contributed by atoms with van der Waals surface area (Å²) in [5.41, 5.74) is 1.22. The van der Waals surface area contributed by atoms with Crippen molar-refractivity contribution in [3.8, 4) is 5.75 Å². The highest BCUT2D eigenvalue weighted by atomic mass is 79.9. The maximum absolute atomic E-state index is 6.35. The van der Waals surface area contributed by atoms with Crippen molar-refractivity contribution < 1.29 is 4.74 Å². The van der Waals surface area contributed by atoms with Crippen LogP contribution in [-0.4, -0.2) is 12.1 Å². The minimum atomic E-state index is -0.0760. The topological polar surface area (TPSA) is 21.3 Å². The molecule has 0 spiro atoms. The van der Waals surface area contributed by atoms with Gasteiger partial charge in [-0.3, -0.25) is 0 Å². The van der Waals surface area contributed by atoms with E-state index in [0.29, 0.717) is 12.0 Å². The highest BCUT2D eigenvalue weighted by Crippen LogP contribution is 2.43. The lowest BCUT2D eigenvalue weighted by atomic mass is 9.83. The van der Waals surface area contributed by atoms with Gasteiger partial charge in [0.25, 0.3) is 0 Å². The monoisotopic (exact) mass is 339 g/mol. The van der Waals surface area contributed by atoms with Gasteiger partial charge < -0.3 is 10.1 Å². The van der Waals surface area contributed by atoms with Crippen LogP contribution in [0.1, 0.15) is 58.6 Å². The van der Waals surface area contributed by atoms with E-state index in [2.05, 4.69) is 67.1 Å². The third-order valence-corrected chi connectivity index (χ3v) is 4.32. The fourth-order valence-electron chi connectivity index (χ4n) is 3.22. The molecule has 0 amide bonds. The Labute approximate surface area is 131 Å². The second-order valence-electron chi connectivity index (χ2n) is 6.54. The summed E-state index contributed by atoms with van der Waals surface area (Å²) in [7, 11) is 0. The van der Waals surface area contributed by atoms with Gasteiger partial charge in [0.15, 0.2) is 0 Å². The number of nitrogens with one attached hydrogen (secondary N) is 1. The molecule has 2 unspecified atom stereocenters. The number of rotatable bonds is 5. The second-order valence-corrected chi connectivity index (χ2v) is 7.46. The van der Waals surface area contributed by atoms with Gasteiger partial charge in [0.1, 0.15) is 11.4 Å². The first-order chi connectivity index (χ1) is 9.43. The van der Waals surface area contributed by atoms with E-state index in [0.717, 1.165) is 36.0 Å². The molecule has 20 heavy (non-hydrogen) atoms. The van der Waals surface area contributed by atoms with Gasteiger partial charge in [0.05, 0.1) is 0 Å². The van der Waals surface area contributed by atoms with Gasteiger partial charge in [-0.05, 0) is 44.4 Å². The van der Waals surface area contributed by atoms with Gasteiger partial charge in [-0.25, -0.2) is 0 Å². The summed E-state index contributed by atoms with van der Waals surface area (Å²) in [6.45, 7) is 10.0. The first-order valence-corrected chi connectivity index (χ1v) is 8.44. The summed E-state index contributed by atoms with van der Waals surface area (Å²) < 4.78 is 7.43. The summed E-state index contributed by atoms with van der Waals surface area (Å²) in [6.07, 6.45) is 3.28. The SMILES string of the molecule is CCCNC1CC(C)(CC(C)C)Oc2cc(Br)ccc21. The molecule has 0 aromatic heterocycles. The van der Waals surface area contributed by atoms with Gasteiger partial charge in [0, 0.05) is 22.5 Å². The zero-order valence-corrected chi connectivity index (χ0v) is 14.6. The number of hydrogen-bond donors (Lipinski definition) is 1. The van der Waals surface area contributed by atoms with E-state index in [1.807, 2.05) is 0 Å². The predicted molar refractivity (Wildman–Crippen MR) is 88.3 cm³/mol. The largest absolute Gasteiger partial charge is 0.487 e. The lowest BCUT2D eigenvalue weighted by Crippen LogP contribution is -2.43. The Kier molecular flexibility index (Phi) is 5.14. The fourth-order valence-corrected chi connectivity index (χ4v) is 3.56. The Bertz CT molecular complexity index is 460. The first-order valence-electron chi connectivity index (χ1n) is 7.65. The molecule has 0 saturated carbocycles. The molecule has 0 bridgehead atoms. The molecular formula is C17H26BrNO. The van der Waals surface area contributed by atoms with Crippen LogP contribution in [0.25, 0.3) is 0 Å². The molecule has 1 aliphatic rings. The number of benzene rings is 1. The Morgan fingerprint density at radius 2 is 2.20 bits per heavy atom. The quantitative estimate of drug-likeness (QED) is 0.807. The highest BCUT2D eigenvalue weighted by molar-refractivity contribution is 9.10. The van der Waals surface area contributed by atoms with Crippen molar-refractivity contribution in [1.29, 1.82) is 0 Å². The van der Waals surface area contributed by atoms with Crippen LogP contribution in [0.15, 0.2) is 22.7 Å². The smallest absolute Gasteiger partial charge is 0.126 e. The van der Waals surface area contributed by atoms with Crippen LogP contribution in [0.2, 0.25) is 0 Å². The standard InChI is InChI=1S/C17H26BrNO/c1-5-8-19-15-11-17(4,10-12(2)3)20-16-9-13(18)6-7-14(15)16/h6-7,9,12,15,19H,5,8,10-11H2,1-4H3. The van der Waals surface area contributed by atoms with Crippen molar-refractivity contribution in [3.05, 3.63) is 28.2 Å². The van der Waals surface area contributed by atoms with Crippen molar-refractivity contribution in [3.63, 3.8) is 0 Å². The molecule has 1 aliphatic heterocycles. The van der Waals surface area contributed by atoms with E-state index in [1.54, 1.807) is 0 Å². The summed E-state index contributed by atoms with van der Waals surface area (Å²) in [5.74, 6) is 1.67. The van der Waals surface area contributed by atoms with Gasteiger partial charge in [-0.15, -0.1) is 0 Å². The Morgan fingerprint density at radius 3 is 2.85 bits per heavy atom. The lowest BCUT2D eigenvalue weighted by molar-refractivity contribution is 0.0286. The molecule has 1 heterocycles. The third kappa shape index (κ3) is 3.76. The van der Waals surface area contributed by atoms with Crippen LogP contribution in [0.4, 0.5) is 0 Å². The second kappa shape index (κ2) is 6.48. The molecule has 2 nitrogen and oxygen atoms in total. The van der Waals surface area contributed by atoms with Crippen molar-refractivity contribution in [2.75, 3.05) is 6.54 Å². The third-order valence-electron chi connectivity index (χ3n) is 3.82. The Balaban J connectivity index is 2.29. The normalized spacial score (nSPS) is 25.4. The highest BCUT2D eigenvalue weighted by Gasteiger charge is 2.37. The van der Waals surface area contributed by atoms with E-state index >= 15 is 0 Å². The first kappa shape index (κ1) is 15.8. The molecule has 1 aromatic carbocycles.